The Bertz CT molecular complexity index is 829. The normalized spacial score (nSPS) is 13.0. The van der Waals surface area contributed by atoms with Crippen LogP contribution >= 0.6 is 11.6 Å². The second kappa shape index (κ2) is 9.06. The maximum absolute atomic E-state index is 13.9. The molecule has 0 bridgehead atoms. The van der Waals surface area contributed by atoms with Crippen molar-refractivity contribution in [2.75, 3.05) is 26.6 Å². The summed E-state index contributed by atoms with van der Waals surface area (Å²) in [5.41, 5.74) is 2.21. The Labute approximate surface area is 164 Å². The first kappa shape index (κ1) is 21.0. The Morgan fingerprint density at radius 2 is 1.85 bits per heavy atom. The van der Waals surface area contributed by atoms with Gasteiger partial charge in [-0.15, -0.1) is 0 Å². The standard InChI is InChI=1S/C20H24ClFN2O3/c1-12-8-18(26-4)19(27-5)9-14(12)11-24(3)13(2)20(25)23-17-7-6-15(21)10-16(17)22/h6-10,13H,11H2,1-5H3,(H,23,25)/p+1/t13-/m0/s1. The molecule has 2 rings (SSSR count). The van der Waals surface area contributed by atoms with Gasteiger partial charge in [-0.1, -0.05) is 11.6 Å². The van der Waals surface area contributed by atoms with Crippen LogP contribution in [0.2, 0.25) is 5.02 Å². The molecule has 27 heavy (non-hydrogen) atoms. The van der Waals surface area contributed by atoms with Gasteiger partial charge >= 0.3 is 0 Å². The molecule has 0 radical (unpaired) electrons. The first-order valence-electron chi connectivity index (χ1n) is 8.56. The number of likely N-dealkylation sites (N-methyl/N-ethyl adjacent to an activating group) is 1. The van der Waals surface area contributed by atoms with Crippen molar-refractivity contribution in [2.24, 2.45) is 0 Å². The number of nitrogens with one attached hydrogen (secondary N) is 2. The van der Waals surface area contributed by atoms with Crippen LogP contribution in [-0.4, -0.2) is 33.2 Å². The van der Waals surface area contributed by atoms with Gasteiger partial charge < -0.3 is 19.7 Å². The predicted molar refractivity (Wildman–Crippen MR) is 104 cm³/mol. The van der Waals surface area contributed by atoms with Gasteiger partial charge in [-0.25, -0.2) is 4.39 Å². The minimum Gasteiger partial charge on any atom is -0.493 e. The van der Waals surface area contributed by atoms with Crippen molar-refractivity contribution in [2.45, 2.75) is 26.4 Å². The third kappa shape index (κ3) is 5.11. The number of halogens is 2. The summed E-state index contributed by atoms with van der Waals surface area (Å²) in [4.78, 5) is 13.5. The predicted octanol–water partition coefficient (Wildman–Crippen LogP) is 2.85. The zero-order valence-corrected chi connectivity index (χ0v) is 16.9. The van der Waals surface area contributed by atoms with Gasteiger partial charge in [-0.2, -0.15) is 0 Å². The van der Waals surface area contributed by atoms with Gasteiger partial charge in [0.15, 0.2) is 17.5 Å². The van der Waals surface area contributed by atoms with Gasteiger partial charge in [0.05, 0.1) is 27.0 Å². The van der Waals surface area contributed by atoms with E-state index >= 15 is 0 Å². The Hall–Kier alpha value is -2.31. The lowest BCUT2D eigenvalue weighted by Crippen LogP contribution is -3.12. The summed E-state index contributed by atoms with van der Waals surface area (Å²) >= 11 is 5.74. The zero-order chi connectivity index (χ0) is 20.1. The van der Waals surface area contributed by atoms with E-state index in [0.717, 1.165) is 16.0 Å². The first-order chi connectivity index (χ1) is 12.8. The largest absolute Gasteiger partial charge is 0.493 e. The number of methoxy groups -OCH3 is 2. The van der Waals surface area contributed by atoms with E-state index < -0.39 is 11.9 Å². The van der Waals surface area contributed by atoms with Crippen molar-refractivity contribution in [1.29, 1.82) is 0 Å². The smallest absolute Gasteiger partial charge is 0.282 e. The summed E-state index contributed by atoms with van der Waals surface area (Å²) in [6.45, 7) is 4.39. The van der Waals surface area contributed by atoms with Crippen LogP contribution in [0.4, 0.5) is 10.1 Å². The summed E-state index contributed by atoms with van der Waals surface area (Å²) in [6, 6.07) is 7.60. The molecule has 2 atom stereocenters. The summed E-state index contributed by atoms with van der Waals surface area (Å²) in [6.07, 6.45) is 0. The molecule has 146 valence electrons. The Morgan fingerprint density at radius 1 is 1.22 bits per heavy atom. The number of ether oxygens (including phenoxy) is 2. The fraction of sp³-hybridized carbons (Fsp3) is 0.350. The lowest BCUT2D eigenvalue weighted by atomic mass is 10.1. The monoisotopic (exact) mass is 395 g/mol. The molecular weight excluding hydrogens is 371 g/mol. The molecule has 0 heterocycles. The summed E-state index contributed by atoms with van der Waals surface area (Å²) in [5.74, 6) is 0.481. The molecule has 0 aliphatic rings. The van der Waals surface area contributed by atoms with Crippen molar-refractivity contribution >= 4 is 23.2 Å². The number of aryl methyl sites for hydroxylation is 1. The third-order valence-corrected chi connectivity index (χ3v) is 4.87. The summed E-state index contributed by atoms with van der Waals surface area (Å²) in [7, 11) is 5.10. The van der Waals surface area contributed by atoms with Gasteiger partial charge in [0.2, 0.25) is 0 Å². The van der Waals surface area contributed by atoms with Crippen LogP contribution in [0.25, 0.3) is 0 Å². The van der Waals surface area contributed by atoms with Gasteiger partial charge in [-0.3, -0.25) is 4.79 Å². The molecular formula is C20H25ClFN2O3+. The Morgan fingerprint density at radius 3 is 2.44 bits per heavy atom. The SMILES string of the molecule is COc1cc(C)c(C[NH+](C)[C@@H](C)C(=O)Nc2ccc(Cl)cc2F)cc1OC. The third-order valence-electron chi connectivity index (χ3n) is 4.63. The molecule has 0 saturated carbocycles. The quantitative estimate of drug-likeness (QED) is 0.758. The van der Waals surface area contributed by atoms with E-state index in [-0.39, 0.29) is 16.6 Å². The molecule has 0 fully saturated rings. The van der Waals surface area contributed by atoms with Gasteiger partial charge in [-0.05, 0) is 49.7 Å². The number of benzene rings is 2. The van der Waals surface area contributed by atoms with Crippen molar-refractivity contribution < 1.29 is 23.6 Å². The summed E-state index contributed by atoms with van der Waals surface area (Å²) in [5, 5.41) is 2.90. The molecule has 0 aliphatic carbocycles. The number of hydrogen-bond donors (Lipinski definition) is 2. The highest BCUT2D eigenvalue weighted by atomic mass is 35.5. The number of carbonyl (C=O) groups excluding carboxylic acids is 1. The molecule has 1 amide bonds. The maximum Gasteiger partial charge on any atom is 0.282 e. The Balaban J connectivity index is 2.10. The van der Waals surface area contributed by atoms with E-state index in [2.05, 4.69) is 5.32 Å². The van der Waals surface area contributed by atoms with Gasteiger partial charge in [0.1, 0.15) is 12.4 Å². The molecule has 5 nitrogen and oxygen atoms in total. The number of amides is 1. The Kier molecular flexibility index (Phi) is 7.05. The highest BCUT2D eigenvalue weighted by molar-refractivity contribution is 6.30. The van der Waals surface area contributed by atoms with E-state index in [1.807, 2.05) is 26.1 Å². The van der Waals surface area contributed by atoms with Crippen molar-refractivity contribution in [1.82, 2.24) is 0 Å². The minimum atomic E-state index is -0.559. The van der Waals surface area contributed by atoms with E-state index in [4.69, 9.17) is 21.1 Å². The molecule has 0 spiro atoms. The maximum atomic E-state index is 13.9. The topological polar surface area (TPSA) is 52.0 Å². The molecule has 1 unspecified atom stereocenters. The van der Waals surface area contributed by atoms with E-state index in [0.29, 0.717) is 18.0 Å². The number of hydrogen-bond acceptors (Lipinski definition) is 3. The van der Waals surface area contributed by atoms with Gasteiger partial charge in [0.25, 0.3) is 5.91 Å². The molecule has 2 N–H and O–H groups in total. The van der Waals surface area contributed by atoms with Crippen LogP contribution in [0.3, 0.4) is 0 Å². The lowest BCUT2D eigenvalue weighted by molar-refractivity contribution is -0.907. The number of anilines is 1. The fourth-order valence-corrected chi connectivity index (χ4v) is 2.88. The fourth-order valence-electron chi connectivity index (χ4n) is 2.72. The molecule has 0 aromatic heterocycles. The van der Waals surface area contributed by atoms with Crippen LogP contribution in [0.5, 0.6) is 11.5 Å². The van der Waals surface area contributed by atoms with Crippen LogP contribution in [-0.2, 0) is 11.3 Å². The molecule has 0 aliphatic heterocycles. The number of carbonyl (C=O) groups is 1. The second-order valence-corrected chi connectivity index (χ2v) is 6.93. The molecule has 7 heteroatoms. The van der Waals surface area contributed by atoms with Crippen LogP contribution in [0.15, 0.2) is 30.3 Å². The zero-order valence-electron chi connectivity index (χ0n) is 16.2. The average molecular weight is 396 g/mol. The average Bonchev–Trinajstić information content (AvgIpc) is 2.64. The number of rotatable bonds is 7. The van der Waals surface area contributed by atoms with E-state index in [9.17, 15) is 9.18 Å². The highest BCUT2D eigenvalue weighted by Crippen LogP contribution is 2.30. The van der Waals surface area contributed by atoms with Crippen molar-refractivity contribution in [3.8, 4) is 11.5 Å². The second-order valence-electron chi connectivity index (χ2n) is 6.49. The molecule has 2 aromatic carbocycles. The lowest BCUT2D eigenvalue weighted by Gasteiger charge is -2.22. The van der Waals surface area contributed by atoms with Crippen LogP contribution in [0.1, 0.15) is 18.1 Å². The number of quaternary nitrogens is 1. The molecule has 2 aromatic rings. The highest BCUT2D eigenvalue weighted by Gasteiger charge is 2.24. The van der Waals surface area contributed by atoms with Crippen LogP contribution < -0.4 is 19.7 Å². The van der Waals surface area contributed by atoms with Crippen LogP contribution in [0, 0.1) is 12.7 Å². The van der Waals surface area contributed by atoms with Crippen molar-refractivity contribution in [3.05, 3.63) is 52.3 Å². The first-order valence-corrected chi connectivity index (χ1v) is 8.94. The van der Waals surface area contributed by atoms with Crippen molar-refractivity contribution in [3.63, 3.8) is 0 Å². The van der Waals surface area contributed by atoms with Gasteiger partial charge in [0, 0.05) is 10.6 Å². The molecule has 0 saturated heterocycles. The van der Waals surface area contributed by atoms with E-state index in [1.165, 1.54) is 18.2 Å². The van der Waals surface area contributed by atoms with E-state index in [1.54, 1.807) is 21.1 Å². The summed E-state index contributed by atoms with van der Waals surface area (Å²) < 4.78 is 24.6. The minimum absolute atomic E-state index is 0.117.